The zero-order chi connectivity index (χ0) is 19.4. The third kappa shape index (κ3) is 5.51. The minimum absolute atomic E-state index is 0.111. The van der Waals surface area contributed by atoms with Gasteiger partial charge in [-0.1, -0.05) is 45.0 Å². The molecule has 0 aliphatic carbocycles. The highest BCUT2D eigenvalue weighted by molar-refractivity contribution is 5.92. The van der Waals surface area contributed by atoms with Crippen molar-refractivity contribution in [2.45, 2.75) is 38.8 Å². The standard InChI is InChI=1S/C20H23F3N2O/c1-19(2,3)16-9-4-5-10-17(16)25-18(26)11-12-24-15-8-6-7-14(13-15)20(21,22)23/h4-10,13,24H,11-12H2,1-3H3,(H,25,26). The van der Waals surface area contributed by atoms with Crippen LogP contribution in [-0.4, -0.2) is 12.5 Å². The molecule has 0 bridgehead atoms. The van der Waals surface area contributed by atoms with E-state index >= 15 is 0 Å². The highest BCUT2D eigenvalue weighted by Gasteiger charge is 2.30. The van der Waals surface area contributed by atoms with E-state index in [2.05, 4.69) is 31.4 Å². The Morgan fingerprint density at radius 2 is 1.69 bits per heavy atom. The molecule has 0 unspecified atom stereocenters. The Morgan fingerprint density at radius 3 is 2.35 bits per heavy atom. The average Bonchev–Trinajstić information content (AvgIpc) is 2.54. The zero-order valence-corrected chi connectivity index (χ0v) is 15.1. The van der Waals surface area contributed by atoms with Crippen molar-refractivity contribution in [1.29, 1.82) is 0 Å². The molecular weight excluding hydrogens is 341 g/mol. The summed E-state index contributed by atoms with van der Waals surface area (Å²) in [6.07, 6.45) is -4.24. The number of carbonyl (C=O) groups is 1. The van der Waals surface area contributed by atoms with E-state index in [4.69, 9.17) is 0 Å². The number of carbonyl (C=O) groups excluding carboxylic acids is 1. The molecule has 26 heavy (non-hydrogen) atoms. The van der Waals surface area contributed by atoms with Gasteiger partial charge in [0.1, 0.15) is 0 Å². The van der Waals surface area contributed by atoms with Crippen LogP contribution in [0.4, 0.5) is 24.5 Å². The Labute approximate surface area is 151 Å². The van der Waals surface area contributed by atoms with Gasteiger partial charge in [-0.2, -0.15) is 13.2 Å². The summed E-state index contributed by atoms with van der Waals surface area (Å²) in [5.74, 6) is -0.193. The fourth-order valence-electron chi connectivity index (χ4n) is 2.58. The summed E-state index contributed by atoms with van der Waals surface area (Å²) in [6.45, 7) is 6.43. The zero-order valence-electron chi connectivity index (χ0n) is 15.1. The minimum Gasteiger partial charge on any atom is -0.385 e. The van der Waals surface area contributed by atoms with Crippen LogP contribution in [0, 0.1) is 0 Å². The number of benzene rings is 2. The molecule has 0 saturated heterocycles. The van der Waals surface area contributed by atoms with Crippen molar-refractivity contribution in [2.24, 2.45) is 0 Å². The lowest BCUT2D eigenvalue weighted by atomic mass is 9.86. The maximum Gasteiger partial charge on any atom is 0.416 e. The van der Waals surface area contributed by atoms with E-state index < -0.39 is 11.7 Å². The van der Waals surface area contributed by atoms with Gasteiger partial charge in [0.15, 0.2) is 0 Å². The topological polar surface area (TPSA) is 41.1 Å². The fraction of sp³-hybridized carbons (Fsp3) is 0.350. The van der Waals surface area contributed by atoms with Crippen LogP contribution in [0.25, 0.3) is 0 Å². The molecule has 0 aliphatic heterocycles. The predicted octanol–water partition coefficient (Wildman–Crippen LogP) is 5.44. The molecule has 0 spiro atoms. The first-order valence-corrected chi connectivity index (χ1v) is 8.38. The number of amides is 1. The van der Waals surface area contributed by atoms with Crippen LogP contribution in [0.5, 0.6) is 0 Å². The molecule has 3 nitrogen and oxygen atoms in total. The monoisotopic (exact) mass is 364 g/mol. The molecule has 2 rings (SSSR count). The number of rotatable bonds is 5. The number of para-hydroxylation sites is 1. The summed E-state index contributed by atoms with van der Waals surface area (Å²) in [6, 6.07) is 12.5. The van der Waals surface area contributed by atoms with Crippen molar-refractivity contribution in [2.75, 3.05) is 17.2 Å². The Bertz CT molecular complexity index is 764. The Morgan fingerprint density at radius 1 is 1.00 bits per heavy atom. The number of halogens is 3. The smallest absolute Gasteiger partial charge is 0.385 e. The first-order valence-electron chi connectivity index (χ1n) is 8.38. The SMILES string of the molecule is CC(C)(C)c1ccccc1NC(=O)CCNc1cccc(C(F)(F)F)c1. The normalized spacial score (nSPS) is 11.9. The van der Waals surface area contributed by atoms with Gasteiger partial charge in [-0.05, 0) is 35.2 Å². The highest BCUT2D eigenvalue weighted by atomic mass is 19.4. The van der Waals surface area contributed by atoms with E-state index in [0.29, 0.717) is 5.69 Å². The summed E-state index contributed by atoms with van der Waals surface area (Å²) in [7, 11) is 0. The van der Waals surface area contributed by atoms with E-state index in [1.165, 1.54) is 6.07 Å². The minimum atomic E-state index is -4.38. The van der Waals surface area contributed by atoms with Gasteiger partial charge in [0.25, 0.3) is 0 Å². The first kappa shape index (κ1) is 19.8. The quantitative estimate of drug-likeness (QED) is 0.741. The van der Waals surface area contributed by atoms with Gasteiger partial charge < -0.3 is 10.6 Å². The van der Waals surface area contributed by atoms with E-state index in [9.17, 15) is 18.0 Å². The molecule has 2 N–H and O–H groups in total. The Hall–Kier alpha value is -2.50. The van der Waals surface area contributed by atoms with Crippen molar-refractivity contribution in [1.82, 2.24) is 0 Å². The molecule has 2 aromatic carbocycles. The second-order valence-electron chi connectivity index (χ2n) is 7.10. The molecule has 140 valence electrons. The molecule has 0 heterocycles. The maximum absolute atomic E-state index is 12.7. The lowest BCUT2D eigenvalue weighted by Crippen LogP contribution is -2.20. The second-order valence-corrected chi connectivity index (χ2v) is 7.10. The van der Waals surface area contributed by atoms with Crippen LogP contribution >= 0.6 is 0 Å². The van der Waals surface area contributed by atoms with Crippen molar-refractivity contribution < 1.29 is 18.0 Å². The summed E-state index contributed by atoms with van der Waals surface area (Å²) in [4.78, 5) is 12.2. The van der Waals surface area contributed by atoms with E-state index in [-0.39, 0.29) is 24.3 Å². The van der Waals surface area contributed by atoms with Crippen molar-refractivity contribution in [3.8, 4) is 0 Å². The molecule has 0 aromatic heterocycles. The fourth-order valence-corrected chi connectivity index (χ4v) is 2.58. The second kappa shape index (κ2) is 7.81. The summed E-state index contributed by atoms with van der Waals surface area (Å²) < 4.78 is 38.1. The van der Waals surface area contributed by atoms with E-state index in [1.807, 2.05) is 24.3 Å². The molecule has 2 aromatic rings. The molecular formula is C20H23F3N2O. The lowest BCUT2D eigenvalue weighted by molar-refractivity contribution is -0.137. The van der Waals surface area contributed by atoms with Gasteiger partial charge >= 0.3 is 6.18 Å². The molecule has 0 aliphatic rings. The molecule has 0 atom stereocenters. The summed E-state index contributed by atoms with van der Waals surface area (Å²) in [5, 5.41) is 5.74. The van der Waals surface area contributed by atoms with E-state index in [1.54, 1.807) is 6.07 Å². The lowest BCUT2D eigenvalue weighted by Gasteiger charge is -2.23. The summed E-state index contributed by atoms with van der Waals surface area (Å²) in [5.41, 5.74) is 1.29. The van der Waals surface area contributed by atoms with Crippen LogP contribution in [0.2, 0.25) is 0 Å². The largest absolute Gasteiger partial charge is 0.416 e. The molecule has 0 radical (unpaired) electrons. The van der Waals surface area contributed by atoms with Crippen LogP contribution in [-0.2, 0) is 16.4 Å². The van der Waals surface area contributed by atoms with Crippen molar-refractivity contribution in [3.05, 3.63) is 59.7 Å². The Kier molecular flexibility index (Phi) is 5.95. The van der Waals surface area contributed by atoms with Gasteiger partial charge in [0, 0.05) is 24.3 Å². The third-order valence-corrected chi connectivity index (χ3v) is 3.88. The van der Waals surface area contributed by atoms with Crippen LogP contribution in [0.3, 0.4) is 0 Å². The van der Waals surface area contributed by atoms with Crippen LogP contribution in [0.15, 0.2) is 48.5 Å². The molecule has 0 fully saturated rings. The van der Waals surface area contributed by atoms with Crippen LogP contribution in [0.1, 0.15) is 38.3 Å². The Balaban J connectivity index is 1.93. The van der Waals surface area contributed by atoms with Gasteiger partial charge in [0.2, 0.25) is 5.91 Å². The first-order chi connectivity index (χ1) is 12.1. The van der Waals surface area contributed by atoms with Gasteiger partial charge in [-0.15, -0.1) is 0 Å². The van der Waals surface area contributed by atoms with Crippen molar-refractivity contribution >= 4 is 17.3 Å². The number of hydrogen-bond acceptors (Lipinski definition) is 2. The highest BCUT2D eigenvalue weighted by Crippen LogP contribution is 2.31. The number of nitrogens with one attached hydrogen (secondary N) is 2. The van der Waals surface area contributed by atoms with Crippen molar-refractivity contribution in [3.63, 3.8) is 0 Å². The molecule has 0 saturated carbocycles. The maximum atomic E-state index is 12.7. The van der Waals surface area contributed by atoms with Gasteiger partial charge in [0.05, 0.1) is 5.56 Å². The number of alkyl halides is 3. The predicted molar refractivity (Wildman–Crippen MR) is 98.3 cm³/mol. The molecule has 1 amide bonds. The van der Waals surface area contributed by atoms with Crippen LogP contribution < -0.4 is 10.6 Å². The summed E-state index contributed by atoms with van der Waals surface area (Å²) >= 11 is 0. The van der Waals surface area contributed by atoms with Gasteiger partial charge in [-0.25, -0.2) is 0 Å². The number of anilines is 2. The molecule has 6 heteroatoms. The van der Waals surface area contributed by atoms with E-state index in [0.717, 1.165) is 23.4 Å². The third-order valence-electron chi connectivity index (χ3n) is 3.88. The average molecular weight is 364 g/mol. The van der Waals surface area contributed by atoms with Gasteiger partial charge in [-0.3, -0.25) is 4.79 Å². The number of hydrogen-bond donors (Lipinski definition) is 2.